The molecular formula is C14H14FNO2. The van der Waals surface area contributed by atoms with Crippen LogP contribution in [0.1, 0.15) is 31.7 Å². The maximum absolute atomic E-state index is 12.9. The zero-order valence-electron chi connectivity index (χ0n) is 10.3. The van der Waals surface area contributed by atoms with Crippen molar-refractivity contribution in [3.63, 3.8) is 0 Å². The van der Waals surface area contributed by atoms with E-state index in [0.717, 1.165) is 5.56 Å². The zero-order chi connectivity index (χ0) is 13.3. The molecular weight excluding hydrogens is 233 g/mol. The van der Waals surface area contributed by atoms with Crippen LogP contribution < -0.4 is 5.32 Å². The minimum absolute atomic E-state index is 0.0678. The fourth-order valence-corrected chi connectivity index (χ4v) is 2.37. The molecule has 0 saturated carbocycles. The summed E-state index contributed by atoms with van der Waals surface area (Å²) in [7, 11) is 0. The highest BCUT2D eigenvalue weighted by Gasteiger charge is 2.29. The average molecular weight is 247 g/mol. The molecule has 1 atom stereocenters. The van der Waals surface area contributed by atoms with Crippen molar-refractivity contribution < 1.29 is 14.0 Å². The summed E-state index contributed by atoms with van der Waals surface area (Å²) in [5.41, 5.74) is 1.98. The van der Waals surface area contributed by atoms with Gasteiger partial charge in [0.2, 0.25) is 5.91 Å². The molecule has 0 saturated heterocycles. The van der Waals surface area contributed by atoms with Gasteiger partial charge >= 0.3 is 0 Å². The predicted molar refractivity (Wildman–Crippen MR) is 65.3 cm³/mol. The van der Waals surface area contributed by atoms with Gasteiger partial charge in [-0.1, -0.05) is 12.1 Å². The summed E-state index contributed by atoms with van der Waals surface area (Å²) in [5.74, 6) is -0.797. The normalized spacial score (nSPS) is 19.7. The van der Waals surface area contributed by atoms with Crippen LogP contribution in [0.15, 0.2) is 35.5 Å². The number of allylic oxidation sites excluding steroid dienone is 2. The van der Waals surface area contributed by atoms with Crippen molar-refractivity contribution in [1.82, 2.24) is 5.32 Å². The smallest absolute Gasteiger partial charge is 0.225 e. The van der Waals surface area contributed by atoms with Crippen molar-refractivity contribution in [3.05, 3.63) is 46.9 Å². The van der Waals surface area contributed by atoms with Gasteiger partial charge < -0.3 is 5.32 Å². The topological polar surface area (TPSA) is 46.2 Å². The molecule has 94 valence electrons. The minimum atomic E-state index is -0.330. The minimum Gasteiger partial charge on any atom is -0.330 e. The van der Waals surface area contributed by atoms with E-state index in [1.807, 2.05) is 0 Å². The number of carbonyl (C=O) groups excluding carboxylic acids is 2. The van der Waals surface area contributed by atoms with Crippen LogP contribution in [0.2, 0.25) is 0 Å². The van der Waals surface area contributed by atoms with Crippen LogP contribution in [0.25, 0.3) is 0 Å². The quantitative estimate of drug-likeness (QED) is 0.871. The van der Waals surface area contributed by atoms with Gasteiger partial charge in [-0.15, -0.1) is 0 Å². The van der Waals surface area contributed by atoms with Crippen molar-refractivity contribution in [2.45, 2.75) is 26.2 Å². The van der Waals surface area contributed by atoms with Crippen LogP contribution >= 0.6 is 0 Å². The van der Waals surface area contributed by atoms with Gasteiger partial charge in [0, 0.05) is 23.6 Å². The lowest BCUT2D eigenvalue weighted by atomic mass is 9.83. The number of amides is 1. The second-order valence-electron chi connectivity index (χ2n) is 4.45. The third-order valence-electron chi connectivity index (χ3n) is 3.12. The first-order valence-corrected chi connectivity index (χ1v) is 5.76. The van der Waals surface area contributed by atoms with E-state index in [2.05, 4.69) is 5.32 Å². The molecule has 1 N–H and O–H groups in total. The lowest BCUT2D eigenvalue weighted by molar-refractivity contribution is -0.121. The molecule has 1 aliphatic heterocycles. The Morgan fingerprint density at radius 1 is 1.33 bits per heavy atom. The first kappa shape index (κ1) is 12.5. The van der Waals surface area contributed by atoms with Crippen LogP contribution in [-0.4, -0.2) is 11.7 Å². The molecule has 0 radical (unpaired) electrons. The van der Waals surface area contributed by atoms with E-state index in [9.17, 15) is 14.0 Å². The van der Waals surface area contributed by atoms with Crippen LogP contribution in [0.5, 0.6) is 0 Å². The molecule has 0 fully saturated rings. The van der Waals surface area contributed by atoms with Crippen molar-refractivity contribution in [1.29, 1.82) is 0 Å². The van der Waals surface area contributed by atoms with Crippen molar-refractivity contribution in [2.75, 3.05) is 0 Å². The highest BCUT2D eigenvalue weighted by Crippen LogP contribution is 2.33. The van der Waals surface area contributed by atoms with Gasteiger partial charge in [0.15, 0.2) is 5.78 Å². The lowest BCUT2D eigenvalue weighted by Crippen LogP contribution is -2.33. The molecule has 0 aliphatic carbocycles. The molecule has 0 spiro atoms. The third kappa shape index (κ3) is 2.32. The van der Waals surface area contributed by atoms with E-state index in [-0.39, 0.29) is 29.8 Å². The molecule has 1 heterocycles. The number of benzene rings is 1. The first-order chi connectivity index (χ1) is 8.49. The Kier molecular flexibility index (Phi) is 3.28. The summed E-state index contributed by atoms with van der Waals surface area (Å²) < 4.78 is 12.9. The van der Waals surface area contributed by atoms with Gasteiger partial charge in [-0.05, 0) is 31.5 Å². The standard InChI is InChI=1S/C14H14FNO2/c1-8-14(9(2)17)12(7-13(18)16-8)10-3-5-11(15)6-4-10/h3-6,12H,7H2,1-2H3,(H,16,18)/t12-/m0/s1. The van der Waals surface area contributed by atoms with E-state index < -0.39 is 0 Å². The van der Waals surface area contributed by atoms with Crippen LogP contribution in [0.3, 0.4) is 0 Å². The number of nitrogens with one attached hydrogen (secondary N) is 1. The van der Waals surface area contributed by atoms with Crippen molar-refractivity contribution >= 4 is 11.7 Å². The zero-order valence-corrected chi connectivity index (χ0v) is 10.3. The maximum Gasteiger partial charge on any atom is 0.225 e. The second kappa shape index (κ2) is 4.72. The maximum atomic E-state index is 12.9. The fourth-order valence-electron chi connectivity index (χ4n) is 2.37. The Hall–Kier alpha value is -1.97. The number of carbonyl (C=O) groups is 2. The molecule has 2 rings (SSSR count). The molecule has 1 aromatic rings. The second-order valence-corrected chi connectivity index (χ2v) is 4.45. The highest BCUT2D eigenvalue weighted by atomic mass is 19.1. The molecule has 4 heteroatoms. The number of ketones is 1. The molecule has 1 aromatic carbocycles. The molecule has 18 heavy (non-hydrogen) atoms. The molecule has 0 unspecified atom stereocenters. The summed E-state index contributed by atoms with van der Waals surface area (Å²) in [6.07, 6.45) is 0.220. The number of rotatable bonds is 2. The van der Waals surface area contributed by atoms with Gasteiger partial charge in [0.1, 0.15) is 5.82 Å². The van der Waals surface area contributed by atoms with E-state index >= 15 is 0 Å². The molecule has 1 aliphatic rings. The summed E-state index contributed by atoms with van der Waals surface area (Å²) in [6, 6.07) is 5.92. The van der Waals surface area contributed by atoms with E-state index in [0.29, 0.717) is 11.3 Å². The Balaban J connectivity index is 2.46. The van der Waals surface area contributed by atoms with Crippen LogP contribution in [-0.2, 0) is 9.59 Å². The van der Waals surface area contributed by atoms with Gasteiger partial charge in [0.05, 0.1) is 0 Å². The van der Waals surface area contributed by atoms with E-state index in [4.69, 9.17) is 0 Å². The molecule has 3 nitrogen and oxygen atoms in total. The Morgan fingerprint density at radius 2 is 1.94 bits per heavy atom. The number of halogens is 1. The monoisotopic (exact) mass is 247 g/mol. The molecule has 0 bridgehead atoms. The van der Waals surface area contributed by atoms with E-state index in [1.54, 1.807) is 19.1 Å². The van der Waals surface area contributed by atoms with Gasteiger partial charge in [0.25, 0.3) is 0 Å². The summed E-state index contributed by atoms with van der Waals surface area (Å²) in [6.45, 7) is 3.19. The van der Waals surface area contributed by atoms with Crippen LogP contribution in [0, 0.1) is 5.82 Å². The van der Waals surface area contributed by atoms with Crippen molar-refractivity contribution in [2.24, 2.45) is 0 Å². The van der Waals surface area contributed by atoms with Gasteiger partial charge in [-0.2, -0.15) is 0 Å². The van der Waals surface area contributed by atoms with E-state index in [1.165, 1.54) is 19.1 Å². The lowest BCUT2D eigenvalue weighted by Gasteiger charge is -2.26. The predicted octanol–water partition coefficient (Wildman–Crippen LogP) is 2.29. The largest absolute Gasteiger partial charge is 0.330 e. The van der Waals surface area contributed by atoms with Crippen molar-refractivity contribution in [3.8, 4) is 0 Å². The van der Waals surface area contributed by atoms with Gasteiger partial charge in [-0.25, -0.2) is 4.39 Å². The molecule has 0 aromatic heterocycles. The highest BCUT2D eigenvalue weighted by molar-refractivity contribution is 5.99. The SMILES string of the molecule is CC(=O)C1=C(C)NC(=O)C[C@H]1c1ccc(F)cc1. The molecule has 1 amide bonds. The summed E-state index contributed by atoms with van der Waals surface area (Å²) in [5, 5.41) is 2.67. The first-order valence-electron chi connectivity index (χ1n) is 5.76. The number of hydrogen-bond acceptors (Lipinski definition) is 2. The average Bonchev–Trinajstić information content (AvgIpc) is 2.28. The summed E-state index contributed by atoms with van der Waals surface area (Å²) >= 11 is 0. The fraction of sp³-hybridized carbons (Fsp3) is 0.286. The third-order valence-corrected chi connectivity index (χ3v) is 3.12. The Bertz CT molecular complexity index is 531. The summed E-state index contributed by atoms with van der Waals surface area (Å²) in [4.78, 5) is 23.2. The van der Waals surface area contributed by atoms with Gasteiger partial charge in [-0.3, -0.25) is 9.59 Å². The number of Topliss-reactive ketones (excluding diaryl/α,β-unsaturated/α-hetero) is 1. The number of hydrogen-bond donors (Lipinski definition) is 1. The Labute approximate surface area is 105 Å². The Morgan fingerprint density at radius 3 is 2.50 bits per heavy atom. The van der Waals surface area contributed by atoms with Crippen LogP contribution in [0.4, 0.5) is 4.39 Å².